The first-order valence-corrected chi connectivity index (χ1v) is 6.33. The van der Waals surface area contributed by atoms with Crippen molar-refractivity contribution in [2.45, 2.75) is 26.3 Å². The summed E-state index contributed by atoms with van der Waals surface area (Å²) in [6.45, 7) is 4.67. The second-order valence-electron chi connectivity index (χ2n) is 4.52. The molecule has 0 radical (unpaired) electrons. The molecule has 19 heavy (non-hydrogen) atoms. The van der Waals surface area contributed by atoms with E-state index in [0.29, 0.717) is 12.0 Å². The van der Waals surface area contributed by atoms with Gasteiger partial charge in [-0.2, -0.15) is 0 Å². The van der Waals surface area contributed by atoms with Crippen LogP contribution in [-0.2, 0) is 6.42 Å². The van der Waals surface area contributed by atoms with E-state index >= 15 is 0 Å². The van der Waals surface area contributed by atoms with Crippen LogP contribution in [0.15, 0.2) is 34.9 Å². The number of hydrogen-bond acceptors (Lipinski definition) is 2. The maximum absolute atomic E-state index is 13.7. The van der Waals surface area contributed by atoms with Crippen molar-refractivity contribution in [2.24, 2.45) is 0 Å². The zero-order valence-corrected chi connectivity index (χ0v) is 11.0. The fourth-order valence-corrected chi connectivity index (χ4v) is 2.15. The van der Waals surface area contributed by atoms with Gasteiger partial charge < -0.3 is 9.73 Å². The molecule has 0 saturated heterocycles. The highest BCUT2D eigenvalue weighted by Crippen LogP contribution is 2.24. The molecule has 1 atom stereocenters. The van der Waals surface area contributed by atoms with Crippen LogP contribution in [0.1, 0.15) is 29.9 Å². The highest BCUT2D eigenvalue weighted by atomic mass is 19.1. The highest BCUT2D eigenvalue weighted by Gasteiger charge is 2.18. The topological polar surface area (TPSA) is 25.2 Å². The maximum atomic E-state index is 13.7. The lowest BCUT2D eigenvalue weighted by molar-refractivity contribution is 0.409. The molecule has 2 nitrogen and oxygen atoms in total. The molecule has 0 aliphatic heterocycles. The highest BCUT2D eigenvalue weighted by molar-refractivity contribution is 5.24. The number of likely N-dealkylation sites (N-methyl/N-ethyl adjacent to an activating group) is 1. The van der Waals surface area contributed by atoms with Crippen molar-refractivity contribution in [1.82, 2.24) is 5.32 Å². The number of hydrogen-bond donors (Lipinski definition) is 1. The fourth-order valence-electron chi connectivity index (χ4n) is 2.15. The molecule has 2 rings (SSSR count). The molecule has 4 heteroatoms. The third-order valence-electron chi connectivity index (χ3n) is 3.11. The number of nitrogens with one attached hydrogen (secondary N) is 1. The maximum Gasteiger partial charge on any atom is 0.129 e. The Morgan fingerprint density at radius 3 is 2.63 bits per heavy atom. The van der Waals surface area contributed by atoms with Crippen molar-refractivity contribution in [1.29, 1.82) is 0 Å². The van der Waals surface area contributed by atoms with Gasteiger partial charge in [0.05, 0.1) is 12.3 Å². The Morgan fingerprint density at radius 1 is 1.26 bits per heavy atom. The molecule has 0 fully saturated rings. The van der Waals surface area contributed by atoms with Crippen LogP contribution in [0.2, 0.25) is 0 Å². The lowest BCUT2D eigenvalue weighted by Gasteiger charge is -2.17. The third-order valence-corrected chi connectivity index (χ3v) is 3.11. The van der Waals surface area contributed by atoms with Gasteiger partial charge in [-0.1, -0.05) is 13.0 Å². The first-order valence-electron chi connectivity index (χ1n) is 6.33. The van der Waals surface area contributed by atoms with Crippen LogP contribution in [0, 0.1) is 18.6 Å². The summed E-state index contributed by atoms with van der Waals surface area (Å²) >= 11 is 0. The quantitative estimate of drug-likeness (QED) is 0.890. The second kappa shape index (κ2) is 5.97. The molecule has 1 aromatic heterocycles. The zero-order valence-electron chi connectivity index (χ0n) is 11.0. The molecular weight excluding hydrogens is 248 g/mol. The summed E-state index contributed by atoms with van der Waals surface area (Å²) in [5, 5.41) is 3.26. The molecular formula is C15H17F2NO. The van der Waals surface area contributed by atoms with Crippen molar-refractivity contribution in [3.05, 3.63) is 59.1 Å². The van der Waals surface area contributed by atoms with Gasteiger partial charge in [-0.15, -0.1) is 0 Å². The molecule has 0 saturated carbocycles. The minimum absolute atomic E-state index is 0.111. The van der Waals surface area contributed by atoms with Gasteiger partial charge in [0.1, 0.15) is 17.4 Å². The lowest BCUT2D eigenvalue weighted by atomic mass is 10.0. The Kier molecular flexibility index (Phi) is 4.32. The summed E-state index contributed by atoms with van der Waals surface area (Å²) in [6.07, 6.45) is 2.05. The Bertz CT molecular complexity index is 551. The Labute approximate surface area is 111 Å². The van der Waals surface area contributed by atoms with Crippen LogP contribution in [0.4, 0.5) is 8.78 Å². The van der Waals surface area contributed by atoms with Gasteiger partial charge in [0.2, 0.25) is 0 Å². The predicted molar refractivity (Wildman–Crippen MR) is 69.9 cm³/mol. The van der Waals surface area contributed by atoms with Crippen LogP contribution < -0.4 is 5.32 Å². The molecule has 0 amide bonds. The van der Waals surface area contributed by atoms with Crippen molar-refractivity contribution in [2.75, 3.05) is 6.54 Å². The summed E-state index contributed by atoms with van der Waals surface area (Å²) in [6, 6.07) is 5.43. The van der Waals surface area contributed by atoms with Gasteiger partial charge >= 0.3 is 0 Å². The van der Waals surface area contributed by atoms with Crippen molar-refractivity contribution in [3.8, 4) is 0 Å². The van der Waals surface area contributed by atoms with Crippen LogP contribution in [-0.4, -0.2) is 6.54 Å². The monoisotopic (exact) mass is 265 g/mol. The van der Waals surface area contributed by atoms with E-state index in [1.807, 2.05) is 19.9 Å². The molecule has 0 bridgehead atoms. The Hall–Kier alpha value is -1.68. The van der Waals surface area contributed by atoms with Crippen molar-refractivity contribution in [3.63, 3.8) is 0 Å². The van der Waals surface area contributed by atoms with Gasteiger partial charge in [-0.3, -0.25) is 0 Å². The molecule has 1 aromatic carbocycles. The van der Waals surface area contributed by atoms with E-state index in [1.54, 1.807) is 6.26 Å². The summed E-state index contributed by atoms with van der Waals surface area (Å²) in [7, 11) is 0. The van der Waals surface area contributed by atoms with Crippen LogP contribution in [0.5, 0.6) is 0 Å². The van der Waals surface area contributed by atoms with Crippen LogP contribution in [0.25, 0.3) is 0 Å². The fraction of sp³-hybridized carbons (Fsp3) is 0.333. The SMILES string of the molecule is CCNC(Cc1ccc(F)cc1F)c1occc1C. The molecule has 1 N–H and O–H groups in total. The number of rotatable bonds is 5. The van der Waals surface area contributed by atoms with E-state index in [1.165, 1.54) is 12.1 Å². The molecule has 1 heterocycles. The van der Waals surface area contributed by atoms with E-state index in [0.717, 1.165) is 23.9 Å². The smallest absolute Gasteiger partial charge is 0.129 e. The lowest BCUT2D eigenvalue weighted by Crippen LogP contribution is -2.23. The number of aryl methyl sites for hydroxylation is 1. The van der Waals surface area contributed by atoms with Gasteiger partial charge in [0, 0.05) is 6.07 Å². The summed E-state index contributed by atoms with van der Waals surface area (Å²) in [4.78, 5) is 0. The largest absolute Gasteiger partial charge is 0.467 e. The molecule has 1 unspecified atom stereocenters. The van der Waals surface area contributed by atoms with Gasteiger partial charge in [0.15, 0.2) is 0 Å². The second-order valence-corrected chi connectivity index (χ2v) is 4.52. The average Bonchev–Trinajstić information content (AvgIpc) is 2.78. The average molecular weight is 265 g/mol. The van der Waals surface area contributed by atoms with Crippen LogP contribution in [0.3, 0.4) is 0 Å². The predicted octanol–water partition coefficient (Wildman–Crippen LogP) is 3.76. The number of halogens is 2. The molecule has 0 aliphatic rings. The Morgan fingerprint density at radius 2 is 2.05 bits per heavy atom. The standard InChI is InChI=1S/C15H17F2NO/c1-3-18-14(15-10(2)6-7-19-15)8-11-4-5-12(16)9-13(11)17/h4-7,9,14,18H,3,8H2,1-2H3. The molecule has 102 valence electrons. The number of benzene rings is 1. The van der Waals surface area contributed by atoms with E-state index in [-0.39, 0.29) is 6.04 Å². The molecule has 0 spiro atoms. The minimum atomic E-state index is -0.560. The van der Waals surface area contributed by atoms with Crippen LogP contribution >= 0.6 is 0 Å². The van der Waals surface area contributed by atoms with Gasteiger partial charge in [-0.25, -0.2) is 8.78 Å². The third kappa shape index (κ3) is 3.20. The van der Waals surface area contributed by atoms with E-state index in [9.17, 15) is 8.78 Å². The van der Waals surface area contributed by atoms with Gasteiger partial charge in [0.25, 0.3) is 0 Å². The summed E-state index contributed by atoms with van der Waals surface area (Å²) < 4.78 is 32.0. The summed E-state index contributed by atoms with van der Waals surface area (Å²) in [5.41, 5.74) is 1.50. The van der Waals surface area contributed by atoms with E-state index < -0.39 is 11.6 Å². The first-order chi connectivity index (χ1) is 9.11. The normalized spacial score (nSPS) is 12.6. The minimum Gasteiger partial charge on any atom is -0.467 e. The first kappa shape index (κ1) is 13.7. The van der Waals surface area contributed by atoms with Gasteiger partial charge in [-0.05, 0) is 43.1 Å². The van der Waals surface area contributed by atoms with E-state index in [4.69, 9.17) is 4.42 Å². The molecule has 2 aromatic rings. The van der Waals surface area contributed by atoms with Crippen molar-refractivity contribution < 1.29 is 13.2 Å². The molecule has 0 aliphatic carbocycles. The zero-order chi connectivity index (χ0) is 13.8. The number of furan rings is 1. The van der Waals surface area contributed by atoms with E-state index in [2.05, 4.69) is 5.32 Å². The Balaban J connectivity index is 2.24. The van der Waals surface area contributed by atoms with Crippen molar-refractivity contribution >= 4 is 0 Å². The summed E-state index contributed by atoms with van der Waals surface area (Å²) in [5.74, 6) is -0.284.